The van der Waals surface area contributed by atoms with Crippen LogP contribution in [0.5, 0.6) is 0 Å². The van der Waals surface area contributed by atoms with Gasteiger partial charge in [0.2, 0.25) is 0 Å². The van der Waals surface area contributed by atoms with Gasteiger partial charge in [-0.25, -0.2) is 9.97 Å². The summed E-state index contributed by atoms with van der Waals surface area (Å²) in [6, 6.07) is 28.3. The van der Waals surface area contributed by atoms with E-state index in [0.29, 0.717) is 0 Å². The molecule has 2 aromatic carbocycles. The molecule has 7 nitrogen and oxygen atoms in total. The van der Waals surface area contributed by atoms with E-state index in [2.05, 4.69) is 96.8 Å². The minimum Gasteiger partial charge on any atom is -0.657 e. The molecule has 0 atom stereocenters. The number of benzene rings is 2. The summed E-state index contributed by atoms with van der Waals surface area (Å²) < 4.78 is 1.23. The molecular formula is C54H60IrN5O2PtS-. The molecule has 64 heavy (non-hydrogen) atoms. The van der Waals surface area contributed by atoms with Crippen LogP contribution < -0.4 is 9.97 Å². The average Bonchev–Trinajstić information content (AvgIpc) is 4.08. The van der Waals surface area contributed by atoms with Crippen LogP contribution in [0.15, 0.2) is 84.6 Å². The monoisotopic (exact) mass is 1230 g/mol. The van der Waals surface area contributed by atoms with Gasteiger partial charge in [-0.15, -0.1) is 58.0 Å². The quantitative estimate of drug-likeness (QED) is 0.0828. The Labute approximate surface area is 411 Å². The summed E-state index contributed by atoms with van der Waals surface area (Å²) in [5, 5.41) is 9.40. The number of hydrogen-bond acceptors (Lipinski definition) is 6. The Morgan fingerprint density at radius 2 is 0.984 bits per heavy atom. The number of hydrogen-bond donors (Lipinski definition) is 1. The molecule has 4 aromatic heterocycles. The van der Waals surface area contributed by atoms with Crippen LogP contribution in [0.4, 0.5) is 0 Å². The van der Waals surface area contributed by atoms with Crippen molar-refractivity contribution in [1.29, 1.82) is 0 Å². The molecule has 1 radical (unpaired) electrons. The maximum atomic E-state index is 10.0. The standard InChI is InChI=1S/C36H44N4.C13H8NS.C5H8O2.Ir.Pt/c1-9-21-22(10-2)30-18-32-25(13-5)26(14-6)34(39-32)20-36-28(16-8)27(15-7)35(40-36)19-33-24(12-4)23(11-3)31(38-33)17-29(21)37-30;1-2-6-10(7-3-1)13-14-11-8-4-5-9-12(11)15-13;1-4(6)3-5(2)7;;/h17-20H,9-16H2,1-8H3;1-6,8-9H;3,6H,1-2H3;;/q-2;-1;;;+2. The normalized spacial score (nSPS) is 12.2. The molecule has 2 aliphatic heterocycles. The Morgan fingerprint density at radius 3 is 1.28 bits per heavy atom. The Kier molecular flexibility index (Phi) is 19.6. The van der Waals surface area contributed by atoms with Gasteiger partial charge in [0.1, 0.15) is 0 Å². The third kappa shape index (κ3) is 11.5. The minimum absolute atomic E-state index is 0. The molecule has 339 valence electrons. The Hall–Kier alpha value is -4.52. The molecule has 0 saturated heterocycles. The number of nitrogens with zero attached hydrogens (tertiary/aromatic N) is 5. The van der Waals surface area contributed by atoms with E-state index in [4.69, 9.17) is 25.0 Å². The van der Waals surface area contributed by atoms with E-state index in [9.17, 15) is 4.79 Å². The summed E-state index contributed by atoms with van der Waals surface area (Å²) in [7, 11) is 0. The maximum absolute atomic E-state index is 10.0. The summed E-state index contributed by atoms with van der Waals surface area (Å²) in [4.78, 5) is 35.6. The van der Waals surface area contributed by atoms with E-state index in [-0.39, 0.29) is 52.7 Å². The van der Waals surface area contributed by atoms with E-state index in [0.717, 1.165) is 112 Å². The fraction of sp³-hybridized carbons (Fsp3) is 0.333. The van der Waals surface area contributed by atoms with Crippen LogP contribution in [-0.2, 0) is 71.6 Å². The number of carbonyl (C=O) groups excluding carboxylic acids is 1. The first kappa shape index (κ1) is 52.1. The average molecular weight is 1230 g/mol. The summed E-state index contributed by atoms with van der Waals surface area (Å²) >= 11 is 1.71. The van der Waals surface area contributed by atoms with Gasteiger partial charge in [0.05, 0.1) is 34.1 Å². The van der Waals surface area contributed by atoms with Gasteiger partial charge in [0.15, 0.2) is 5.78 Å². The van der Waals surface area contributed by atoms with Gasteiger partial charge in [-0.1, -0.05) is 114 Å². The second kappa shape index (κ2) is 24.1. The van der Waals surface area contributed by atoms with Crippen molar-refractivity contribution in [3.8, 4) is 10.6 Å². The molecule has 0 unspecified atom stereocenters. The molecule has 0 fully saturated rings. The van der Waals surface area contributed by atoms with Gasteiger partial charge < -0.3 is 15.1 Å². The number of thiazole rings is 1. The van der Waals surface area contributed by atoms with Crippen LogP contribution in [0.3, 0.4) is 0 Å². The summed E-state index contributed by atoms with van der Waals surface area (Å²) in [6.45, 7) is 20.8. The zero-order valence-corrected chi connectivity index (χ0v) is 44.3. The number of carbonyl (C=O) groups is 1. The molecule has 10 heteroatoms. The molecule has 0 spiro atoms. The molecule has 2 aliphatic rings. The van der Waals surface area contributed by atoms with E-state index < -0.39 is 0 Å². The number of fused-ring (bicyclic) bond motifs is 9. The van der Waals surface area contributed by atoms with Gasteiger partial charge in [0.25, 0.3) is 0 Å². The smallest absolute Gasteiger partial charge is 0.657 e. The van der Waals surface area contributed by atoms with Gasteiger partial charge in [-0.3, -0.25) is 9.78 Å². The minimum atomic E-state index is -0.125. The predicted molar refractivity (Wildman–Crippen MR) is 262 cm³/mol. The molecule has 8 rings (SSSR count). The number of aryl methyl sites for hydroxylation is 4. The van der Waals surface area contributed by atoms with Crippen molar-refractivity contribution < 1.29 is 51.1 Å². The van der Waals surface area contributed by atoms with Crippen LogP contribution in [-0.4, -0.2) is 25.8 Å². The zero-order valence-electron chi connectivity index (χ0n) is 38.8. The first-order valence-electron chi connectivity index (χ1n) is 22.3. The van der Waals surface area contributed by atoms with Crippen LogP contribution in [0, 0.1) is 6.07 Å². The fourth-order valence-corrected chi connectivity index (χ4v) is 9.69. The topological polar surface area (TPSA) is 104 Å². The molecule has 6 aromatic rings. The van der Waals surface area contributed by atoms with Crippen molar-refractivity contribution in [2.24, 2.45) is 0 Å². The maximum Gasteiger partial charge on any atom is 2.00 e. The van der Waals surface area contributed by atoms with Gasteiger partial charge in [0, 0.05) is 35.9 Å². The van der Waals surface area contributed by atoms with Gasteiger partial charge in [-0.05, 0) is 99.6 Å². The van der Waals surface area contributed by atoms with Crippen molar-refractivity contribution >= 4 is 71.7 Å². The Bertz CT molecular complexity index is 2570. The van der Waals surface area contributed by atoms with Crippen LogP contribution in [0.25, 0.3) is 65.1 Å². The number of aliphatic hydroxyl groups excluding tert-OH is 1. The summed E-state index contributed by atoms with van der Waals surface area (Å²) in [6.07, 6.45) is 8.77. The number of ketones is 1. The molecule has 0 aliphatic carbocycles. The zero-order chi connectivity index (χ0) is 44.5. The van der Waals surface area contributed by atoms with E-state index >= 15 is 0 Å². The number of aromatic nitrogens is 5. The third-order valence-electron chi connectivity index (χ3n) is 11.5. The molecule has 0 saturated carbocycles. The SMILES string of the molecule is CC(=O)C=C(C)O.CCC1=C(CC)c2cc3[n-]c(cc4nc(cc5[n-]c(cc1n2)c(CC)c5CC)C(CC)=C4CC)c(CC)c3CC.[Ir].[Pt+2].[c-]1ccccc1-c1nc2ccccc2s1. The van der Waals surface area contributed by atoms with Gasteiger partial charge in [-0.2, -0.15) is 11.3 Å². The first-order valence-corrected chi connectivity index (χ1v) is 23.2. The second-order valence-electron chi connectivity index (χ2n) is 15.4. The van der Waals surface area contributed by atoms with Gasteiger partial charge >= 0.3 is 21.1 Å². The molecule has 0 amide bonds. The Morgan fingerprint density at radius 1 is 0.594 bits per heavy atom. The van der Waals surface area contributed by atoms with Crippen LogP contribution in [0.1, 0.15) is 140 Å². The van der Waals surface area contributed by atoms with Crippen molar-refractivity contribution in [2.45, 2.75) is 121 Å². The van der Waals surface area contributed by atoms with Crippen LogP contribution in [0.2, 0.25) is 0 Å². The van der Waals surface area contributed by atoms with E-state index in [1.165, 1.54) is 69.2 Å². The summed E-state index contributed by atoms with van der Waals surface area (Å²) in [5.74, 6) is -0.0625. The van der Waals surface area contributed by atoms with Crippen LogP contribution >= 0.6 is 11.3 Å². The largest absolute Gasteiger partial charge is 2.00 e. The summed E-state index contributed by atoms with van der Waals surface area (Å²) in [5.41, 5.74) is 21.3. The van der Waals surface area contributed by atoms with Crippen molar-refractivity contribution in [1.82, 2.24) is 24.9 Å². The molecule has 8 bridgehead atoms. The van der Waals surface area contributed by atoms with Crippen molar-refractivity contribution in [3.63, 3.8) is 0 Å². The van der Waals surface area contributed by atoms with E-state index in [1.54, 1.807) is 11.3 Å². The number of aliphatic hydroxyl groups is 1. The third-order valence-corrected chi connectivity index (χ3v) is 12.5. The number of rotatable bonds is 10. The second-order valence-corrected chi connectivity index (χ2v) is 16.5. The first-order chi connectivity index (χ1) is 30.0. The number of allylic oxidation sites excluding steroid dienone is 6. The molecule has 6 heterocycles. The van der Waals surface area contributed by atoms with Crippen molar-refractivity contribution in [3.05, 3.63) is 136 Å². The van der Waals surface area contributed by atoms with Crippen molar-refractivity contribution in [2.75, 3.05) is 0 Å². The number of para-hydroxylation sites is 1. The predicted octanol–water partition coefficient (Wildman–Crippen LogP) is 14.1. The fourth-order valence-electron chi connectivity index (χ4n) is 8.73. The van der Waals surface area contributed by atoms with E-state index in [1.807, 2.05) is 42.5 Å². The Balaban J connectivity index is 0.000000306. The molecular weight excluding hydrogens is 1170 g/mol. The molecule has 1 N–H and O–H groups in total.